The Kier molecular flexibility index (Phi) is 3.00. The van der Waals surface area contributed by atoms with Crippen molar-refractivity contribution < 1.29 is 9.90 Å². The fourth-order valence-corrected chi connectivity index (χ4v) is 2.58. The number of fused-ring (bicyclic) bond motifs is 1. The number of benzene rings is 1. The zero-order valence-electron chi connectivity index (χ0n) is 12.2. The van der Waals surface area contributed by atoms with Crippen LogP contribution in [0.3, 0.4) is 0 Å². The molecule has 3 aromatic rings. The number of aromatic nitrogens is 4. The molecule has 0 spiro atoms. The van der Waals surface area contributed by atoms with Crippen molar-refractivity contribution in [2.24, 2.45) is 0 Å². The highest BCUT2D eigenvalue weighted by atomic mass is 16.4. The van der Waals surface area contributed by atoms with Crippen molar-refractivity contribution in [1.82, 2.24) is 19.2 Å². The van der Waals surface area contributed by atoms with Crippen molar-refractivity contribution in [3.05, 3.63) is 63.8 Å². The van der Waals surface area contributed by atoms with Crippen molar-refractivity contribution in [2.75, 3.05) is 0 Å². The fraction of sp³-hybridized carbons (Fsp3) is 0.250. The van der Waals surface area contributed by atoms with Gasteiger partial charge in [-0.05, 0) is 18.4 Å². The lowest BCUT2D eigenvalue weighted by Gasteiger charge is -2.08. The SMILES string of the molecule is O=C(O)c1cn(Cc2ccccc2)c2nc(C3CC3)nn2c1=O. The zero-order chi connectivity index (χ0) is 16.0. The molecule has 0 radical (unpaired) electrons. The molecule has 2 aromatic heterocycles. The number of aromatic carboxylic acids is 1. The van der Waals surface area contributed by atoms with Crippen molar-refractivity contribution in [3.63, 3.8) is 0 Å². The van der Waals surface area contributed by atoms with E-state index in [2.05, 4.69) is 10.1 Å². The van der Waals surface area contributed by atoms with E-state index in [1.165, 1.54) is 6.20 Å². The van der Waals surface area contributed by atoms with E-state index in [9.17, 15) is 14.7 Å². The summed E-state index contributed by atoms with van der Waals surface area (Å²) in [5, 5.41) is 13.5. The predicted octanol–water partition coefficient (Wildman–Crippen LogP) is 1.51. The van der Waals surface area contributed by atoms with Gasteiger partial charge in [-0.3, -0.25) is 4.79 Å². The molecule has 0 atom stereocenters. The van der Waals surface area contributed by atoms with Gasteiger partial charge in [0.25, 0.3) is 5.56 Å². The quantitative estimate of drug-likeness (QED) is 0.789. The molecule has 2 heterocycles. The highest BCUT2D eigenvalue weighted by Crippen LogP contribution is 2.38. The van der Waals surface area contributed by atoms with Gasteiger partial charge in [0, 0.05) is 12.1 Å². The summed E-state index contributed by atoms with van der Waals surface area (Å²) in [4.78, 5) is 28.1. The third-order valence-corrected chi connectivity index (χ3v) is 3.94. The first kappa shape index (κ1) is 13.7. The van der Waals surface area contributed by atoms with Crippen molar-refractivity contribution in [1.29, 1.82) is 0 Å². The normalized spacial score (nSPS) is 14.3. The number of hydrogen-bond donors (Lipinski definition) is 1. The Balaban J connectivity index is 1.91. The Bertz CT molecular complexity index is 955. The van der Waals surface area contributed by atoms with E-state index < -0.39 is 11.5 Å². The molecular weight excluding hydrogens is 296 g/mol. The second-order valence-corrected chi connectivity index (χ2v) is 5.72. The Morgan fingerprint density at radius 1 is 1.26 bits per heavy atom. The largest absolute Gasteiger partial charge is 0.477 e. The number of carboxylic acids is 1. The van der Waals surface area contributed by atoms with E-state index >= 15 is 0 Å². The molecule has 116 valence electrons. The first-order valence-electron chi connectivity index (χ1n) is 7.41. The number of hydrogen-bond acceptors (Lipinski definition) is 4. The first-order chi connectivity index (χ1) is 11.1. The van der Waals surface area contributed by atoms with Gasteiger partial charge in [0.15, 0.2) is 5.82 Å². The molecule has 7 heteroatoms. The average molecular weight is 310 g/mol. The molecule has 23 heavy (non-hydrogen) atoms. The Morgan fingerprint density at radius 2 is 2.00 bits per heavy atom. The van der Waals surface area contributed by atoms with E-state index in [-0.39, 0.29) is 11.5 Å². The lowest BCUT2D eigenvalue weighted by Crippen LogP contribution is -2.26. The monoisotopic (exact) mass is 310 g/mol. The van der Waals surface area contributed by atoms with Gasteiger partial charge in [0.05, 0.1) is 6.54 Å². The zero-order valence-corrected chi connectivity index (χ0v) is 12.2. The summed E-state index contributed by atoms with van der Waals surface area (Å²) in [5.74, 6) is 0.0205. The van der Waals surface area contributed by atoms with E-state index in [1.807, 2.05) is 30.3 Å². The van der Waals surface area contributed by atoms with Gasteiger partial charge < -0.3 is 9.67 Å². The standard InChI is InChI=1S/C16H14N4O3/c21-14-12(15(22)23)9-19(8-10-4-2-1-3-5-10)16-17-13(11-6-7-11)18-20(14)16/h1-5,9,11H,6-8H2,(H,22,23). The van der Waals surface area contributed by atoms with Crippen LogP contribution in [0.1, 0.15) is 40.5 Å². The molecular formula is C16H14N4O3. The van der Waals surface area contributed by atoms with Gasteiger partial charge in [-0.1, -0.05) is 30.3 Å². The summed E-state index contributed by atoms with van der Waals surface area (Å²) in [6.45, 7) is 0.424. The highest BCUT2D eigenvalue weighted by Gasteiger charge is 2.29. The summed E-state index contributed by atoms with van der Waals surface area (Å²) in [5.41, 5.74) is 0.0437. The summed E-state index contributed by atoms with van der Waals surface area (Å²) < 4.78 is 2.78. The molecule has 4 rings (SSSR count). The smallest absolute Gasteiger partial charge is 0.342 e. The second kappa shape index (κ2) is 5.05. The van der Waals surface area contributed by atoms with Gasteiger partial charge >= 0.3 is 5.97 Å². The molecule has 1 saturated carbocycles. The van der Waals surface area contributed by atoms with Gasteiger partial charge in [-0.2, -0.15) is 9.50 Å². The van der Waals surface area contributed by atoms with Crippen LogP contribution in [0.4, 0.5) is 0 Å². The molecule has 1 aliphatic carbocycles. The van der Waals surface area contributed by atoms with E-state index in [4.69, 9.17) is 0 Å². The molecule has 1 fully saturated rings. The molecule has 0 unspecified atom stereocenters. The lowest BCUT2D eigenvalue weighted by molar-refractivity contribution is 0.0693. The number of carboxylic acid groups (broad SMARTS) is 1. The van der Waals surface area contributed by atoms with Crippen LogP contribution in [-0.2, 0) is 6.54 Å². The molecule has 0 saturated heterocycles. The minimum atomic E-state index is -1.26. The number of carbonyl (C=O) groups is 1. The topological polar surface area (TPSA) is 89.5 Å². The van der Waals surface area contributed by atoms with Gasteiger partial charge in [0.2, 0.25) is 5.78 Å². The average Bonchev–Trinajstić information content (AvgIpc) is 3.29. The Hall–Kier alpha value is -2.96. The van der Waals surface area contributed by atoms with Crippen LogP contribution in [0, 0.1) is 0 Å². The van der Waals surface area contributed by atoms with Crippen LogP contribution in [0.2, 0.25) is 0 Å². The third kappa shape index (κ3) is 2.40. The first-order valence-corrected chi connectivity index (χ1v) is 7.41. The van der Waals surface area contributed by atoms with Crippen molar-refractivity contribution >= 4 is 11.7 Å². The maximum absolute atomic E-state index is 12.3. The predicted molar refractivity (Wildman–Crippen MR) is 81.7 cm³/mol. The van der Waals surface area contributed by atoms with Crippen LogP contribution in [0.5, 0.6) is 0 Å². The van der Waals surface area contributed by atoms with Gasteiger partial charge in [-0.25, -0.2) is 4.79 Å². The Morgan fingerprint density at radius 3 is 2.65 bits per heavy atom. The van der Waals surface area contributed by atoms with Crippen molar-refractivity contribution in [2.45, 2.75) is 25.3 Å². The molecule has 0 amide bonds. The van der Waals surface area contributed by atoms with Crippen LogP contribution in [-0.4, -0.2) is 30.2 Å². The van der Waals surface area contributed by atoms with Gasteiger partial charge in [0.1, 0.15) is 5.56 Å². The Labute approximate surface area is 130 Å². The van der Waals surface area contributed by atoms with Crippen LogP contribution < -0.4 is 5.56 Å². The maximum Gasteiger partial charge on any atom is 0.342 e. The second-order valence-electron chi connectivity index (χ2n) is 5.72. The number of nitrogens with zero attached hydrogens (tertiary/aromatic N) is 4. The summed E-state index contributed by atoms with van der Waals surface area (Å²) in [6.07, 6.45) is 3.36. The minimum Gasteiger partial charge on any atom is -0.477 e. The van der Waals surface area contributed by atoms with Crippen LogP contribution >= 0.6 is 0 Å². The molecule has 0 bridgehead atoms. The summed E-state index contributed by atoms with van der Waals surface area (Å²) in [7, 11) is 0. The minimum absolute atomic E-state index is 0.285. The van der Waals surface area contributed by atoms with Crippen LogP contribution in [0.15, 0.2) is 41.3 Å². The number of rotatable bonds is 4. The fourth-order valence-electron chi connectivity index (χ4n) is 2.58. The van der Waals surface area contributed by atoms with E-state index in [0.717, 1.165) is 22.9 Å². The van der Waals surface area contributed by atoms with Crippen molar-refractivity contribution in [3.8, 4) is 0 Å². The van der Waals surface area contributed by atoms with Crippen LogP contribution in [0.25, 0.3) is 5.78 Å². The molecule has 1 N–H and O–H groups in total. The highest BCUT2D eigenvalue weighted by molar-refractivity contribution is 5.87. The molecule has 1 aromatic carbocycles. The summed E-state index contributed by atoms with van der Waals surface area (Å²) >= 11 is 0. The summed E-state index contributed by atoms with van der Waals surface area (Å²) in [6, 6.07) is 9.61. The van der Waals surface area contributed by atoms with Gasteiger partial charge in [-0.15, -0.1) is 5.10 Å². The maximum atomic E-state index is 12.3. The van der Waals surface area contributed by atoms with E-state index in [0.29, 0.717) is 18.1 Å². The third-order valence-electron chi connectivity index (χ3n) is 3.94. The molecule has 0 aliphatic heterocycles. The van der Waals surface area contributed by atoms with E-state index in [1.54, 1.807) is 4.57 Å². The molecule has 1 aliphatic rings. The molecule has 7 nitrogen and oxygen atoms in total. The lowest BCUT2D eigenvalue weighted by atomic mass is 10.2.